The molecule has 0 bridgehead atoms. The van der Waals surface area contributed by atoms with Crippen molar-refractivity contribution in [3.05, 3.63) is 41.3 Å². The molecule has 1 aliphatic heterocycles. The van der Waals surface area contributed by atoms with E-state index in [1.807, 2.05) is 43.4 Å². The number of sulfone groups is 1. The first-order chi connectivity index (χ1) is 11.9. The number of carbonyl (C=O) groups excluding carboxylic acids is 1. The number of hydrogen-bond acceptors (Lipinski definition) is 5. The number of hydrogen-bond donors (Lipinski definition) is 1. The summed E-state index contributed by atoms with van der Waals surface area (Å²) in [6.07, 6.45) is 0.482. The SMILES string of the molecule is Cn1nc(-c2ccccc2)c2cc(C(=O)N[C@H]3CCS(=O)(=O)C3)sc21. The zero-order valence-electron chi connectivity index (χ0n) is 13.6. The average molecular weight is 375 g/mol. The summed E-state index contributed by atoms with van der Waals surface area (Å²) in [5.41, 5.74) is 1.84. The molecule has 1 amide bonds. The molecule has 6 nitrogen and oxygen atoms in total. The highest BCUT2D eigenvalue weighted by atomic mass is 32.2. The van der Waals surface area contributed by atoms with Gasteiger partial charge in [-0.25, -0.2) is 8.42 Å². The highest BCUT2D eigenvalue weighted by Crippen LogP contribution is 2.33. The van der Waals surface area contributed by atoms with Gasteiger partial charge in [-0.15, -0.1) is 11.3 Å². The number of aryl methyl sites for hydroxylation is 1. The van der Waals surface area contributed by atoms with Crippen molar-refractivity contribution < 1.29 is 13.2 Å². The van der Waals surface area contributed by atoms with Crippen LogP contribution in [0, 0.1) is 0 Å². The molecular weight excluding hydrogens is 358 g/mol. The fraction of sp³-hybridized carbons (Fsp3) is 0.294. The first-order valence-electron chi connectivity index (χ1n) is 7.96. The van der Waals surface area contributed by atoms with Crippen molar-refractivity contribution in [2.24, 2.45) is 7.05 Å². The molecule has 1 N–H and O–H groups in total. The number of carbonyl (C=O) groups is 1. The van der Waals surface area contributed by atoms with Gasteiger partial charge in [0.2, 0.25) is 0 Å². The Morgan fingerprint density at radius 3 is 2.76 bits per heavy atom. The van der Waals surface area contributed by atoms with Crippen LogP contribution in [0.2, 0.25) is 0 Å². The molecule has 0 spiro atoms. The molecule has 1 aliphatic rings. The van der Waals surface area contributed by atoms with Crippen LogP contribution in [0.15, 0.2) is 36.4 Å². The number of nitrogens with one attached hydrogen (secondary N) is 1. The summed E-state index contributed by atoms with van der Waals surface area (Å²) in [6, 6.07) is 11.4. The van der Waals surface area contributed by atoms with Gasteiger partial charge < -0.3 is 5.32 Å². The molecule has 0 radical (unpaired) electrons. The Morgan fingerprint density at radius 1 is 1.32 bits per heavy atom. The lowest BCUT2D eigenvalue weighted by Crippen LogP contribution is -2.35. The van der Waals surface area contributed by atoms with Gasteiger partial charge in [-0.3, -0.25) is 9.48 Å². The van der Waals surface area contributed by atoms with Crippen molar-refractivity contribution in [2.45, 2.75) is 12.5 Å². The van der Waals surface area contributed by atoms with E-state index < -0.39 is 9.84 Å². The van der Waals surface area contributed by atoms with Crippen LogP contribution in [0.5, 0.6) is 0 Å². The second-order valence-electron chi connectivity index (χ2n) is 6.24. The van der Waals surface area contributed by atoms with Crippen molar-refractivity contribution in [1.82, 2.24) is 15.1 Å². The van der Waals surface area contributed by atoms with Crippen molar-refractivity contribution in [2.75, 3.05) is 11.5 Å². The fourth-order valence-electron chi connectivity index (χ4n) is 3.13. The van der Waals surface area contributed by atoms with Crippen molar-refractivity contribution in [3.8, 4) is 11.3 Å². The van der Waals surface area contributed by atoms with E-state index in [0.29, 0.717) is 11.3 Å². The van der Waals surface area contributed by atoms with Crippen molar-refractivity contribution in [3.63, 3.8) is 0 Å². The Morgan fingerprint density at radius 2 is 2.08 bits per heavy atom. The lowest BCUT2D eigenvalue weighted by atomic mass is 10.1. The van der Waals surface area contributed by atoms with Gasteiger partial charge in [0.25, 0.3) is 5.91 Å². The number of fused-ring (bicyclic) bond motifs is 1. The largest absolute Gasteiger partial charge is 0.348 e. The van der Waals surface area contributed by atoms with Crippen molar-refractivity contribution >= 4 is 37.3 Å². The highest BCUT2D eigenvalue weighted by Gasteiger charge is 2.29. The standard InChI is InChI=1S/C17H17N3O3S2/c1-20-17-13(15(19-20)11-5-3-2-4-6-11)9-14(24-17)16(21)18-12-7-8-25(22,23)10-12/h2-6,9,12H,7-8,10H2,1H3,(H,18,21)/t12-/m0/s1. The Kier molecular flexibility index (Phi) is 3.88. The number of amides is 1. The molecule has 8 heteroatoms. The van der Waals surface area contributed by atoms with Crippen LogP contribution in [0.3, 0.4) is 0 Å². The molecule has 0 unspecified atom stereocenters. The molecule has 25 heavy (non-hydrogen) atoms. The predicted octanol–water partition coefficient (Wildman–Crippen LogP) is 2.22. The van der Waals surface area contributed by atoms with E-state index in [1.54, 1.807) is 4.68 Å². The molecule has 0 saturated carbocycles. The molecule has 4 rings (SSSR count). The van der Waals surface area contributed by atoms with E-state index in [-0.39, 0.29) is 23.5 Å². The minimum atomic E-state index is -3.01. The minimum absolute atomic E-state index is 0.0282. The quantitative estimate of drug-likeness (QED) is 0.761. The van der Waals surface area contributed by atoms with Gasteiger partial charge in [-0.2, -0.15) is 5.10 Å². The van der Waals surface area contributed by atoms with Crippen LogP contribution in [0.4, 0.5) is 0 Å². The van der Waals surface area contributed by atoms with E-state index in [9.17, 15) is 13.2 Å². The van der Waals surface area contributed by atoms with Crippen LogP contribution in [0.1, 0.15) is 16.1 Å². The third-order valence-electron chi connectivity index (χ3n) is 4.35. The van der Waals surface area contributed by atoms with Gasteiger partial charge in [0.15, 0.2) is 9.84 Å². The summed E-state index contributed by atoms with van der Waals surface area (Å²) in [7, 11) is -1.15. The fourth-order valence-corrected chi connectivity index (χ4v) is 5.78. The number of rotatable bonds is 3. The second kappa shape index (κ2) is 5.96. The first-order valence-corrected chi connectivity index (χ1v) is 10.6. The van der Waals surface area contributed by atoms with Gasteiger partial charge in [0, 0.05) is 24.0 Å². The summed E-state index contributed by atoms with van der Waals surface area (Å²) in [5.74, 6) is -0.0466. The smallest absolute Gasteiger partial charge is 0.261 e. The van der Waals surface area contributed by atoms with Crippen LogP contribution in [-0.4, -0.2) is 41.7 Å². The third kappa shape index (κ3) is 3.07. The maximum absolute atomic E-state index is 12.5. The molecule has 1 atom stereocenters. The second-order valence-corrected chi connectivity index (χ2v) is 9.50. The maximum Gasteiger partial charge on any atom is 0.261 e. The summed E-state index contributed by atoms with van der Waals surface area (Å²) in [4.78, 5) is 14.0. The zero-order valence-corrected chi connectivity index (χ0v) is 15.2. The number of thiophene rings is 1. The molecular formula is C17H17N3O3S2. The zero-order chi connectivity index (χ0) is 17.6. The van der Waals surface area contributed by atoms with Gasteiger partial charge in [0.1, 0.15) is 10.5 Å². The molecule has 3 aromatic rings. The van der Waals surface area contributed by atoms with E-state index in [0.717, 1.165) is 21.5 Å². The average Bonchev–Trinajstić information content (AvgIpc) is 3.24. The number of benzene rings is 1. The van der Waals surface area contributed by atoms with Gasteiger partial charge in [0.05, 0.1) is 16.4 Å². The lowest BCUT2D eigenvalue weighted by molar-refractivity contribution is 0.0945. The third-order valence-corrected chi connectivity index (χ3v) is 7.32. The Hall–Kier alpha value is -2.19. The topological polar surface area (TPSA) is 81.1 Å². The molecule has 3 heterocycles. The lowest BCUT2D eigenvalue weighted by Gasteiger charge is -2.09. The Labute approximate surface area is 149 Å². The van der Waals surface area contributed by atoms with E-state index in [1.165, 1.54) is 11.3 Å². The Bertz CT molecular complexity index is 1050. The minimum Gasteiger partial charge on any atom is -0.348 e. The predicted molar refractivity (Wildman–Crippen MR) is 98.6 cm³/mol. The summed E-state index contributed by atoms with van der Waals surface area (Å²) in [6.45, 7) is 0. The number of aromatic nitrogens is 2. The molecule has 1 fully saturated rings. The Balaban J connectivity index is 1.64. The molecule has 2 aromatic heterocycles. The van der Waals surface area contributed by atoms with Crippen LogP contribution < -0.4 is 5.32 Å². The summed E-state index contributed by atoms with van der Waals surface area (Å²) >= 11 is 1.37. The maximum atomic E-state index is 12.5. The summed E-state index contributed by atoms with van der Waals surface area (Å²) in [5, 5.41) is 8.33. The van der Waals surface area contributed by atoms with E-state index in [4.69, 9.17) is 0 Å². The monoisotopic (exact) mass is 375 g/mol. The normalized spacial score (nSPS) is 19.3. The molecule has 1 saturated heterocycles. The first kappa shape index (κ1) is 16.3. The van der Waals surface area contributed by atoms with E-state index in [2.05, 4.69) is 10.4 Å². The summed E-state index contributed by atoms with van der Waals surface area (Å²) < 4.78 is 24.9. The van der Waals surface area contributed by atoms with Gasteiger partial charge in [-0.05, 0) is 12.5 Å². The van der Waals surface area contributed by atoms with Crippen molar-refractivity contribution in [1.29, 1.82) is 0 Å². The molecule has 1 aromatic carbocycles. The van der Waals surface area contributed by atoms with E-state index >= 15 is 0 Å². The van der Waals surface area contributed by atoms with Crippen LogP contribution in [0.25, 0.3) is 21.5 Å². The number of nitrogens with zero attached hydrogens (tertiary/aromatic N) is 2. The molecule has 130 valence electrons. The van der Waals surface area contributed by atoms with Crippen LogP contribution in [-0.2, 0) is 16.9 Å². The van der Waals surface area contributed by atoms with Gasteiger partial charge in [-0.1, -0.05) is 30.3 Å². The van der Waals surface area contributed by atoms with Gasteiger partial charge >= 0.3 is 0 Å². The highest BCUT2D eigenvalue weighted by molar-refractivity contribution is 7.91. The molecule has 0 aliphatic carbocycles. The van der Waals surface area contributed by atoms with Crippen LogP contribution >= 0.6 is 11.3 Å².